The Hall–Kier alpha value is -2.37. The van der Waals surface area contributed by atoms with E-state index in [0.717, 1.165) is 11.1 Å². The molecule has 0 heterocycles. The number of hydrogen-bond acceptors (Lipinski definition) is 4. The molecule has 2 N–H and O–H groups in total. The number of urea groups is 1. The van der Waals surface area contributed by atoms with Crippen LogP contribution in [0.3, 0.4) is 0 Å². The van der Waals surface area contributed by atoms with Gasteiger partial charge in [-0.2, -0.15) is 0 Å². The predicted molar refractivity (Wildman–Crippen MR) is 77.7 cm³/mol. The van der Waals surface area contributed by atoms with Gasteiger partial charge in [-0.05, 0) is 31.9 Å². The van der Waals surface area contributed by atoms with Crippen LogP contribution in [0.2, 0.25) is 0 Å². The average Bonchev–Trinajstić information content (AvgIpc) is 2.38. The Morgan fingerprint density at radius 2 is 1.86 bits per heavy atom. The van der Waals surface area contributed by atoms with Crippen molar-refractivity contribution in [3.05, 3.63) is 35.4 Å². The van der Waals surface area contributed by atoms with Crippen LogP contribution in [-0.2, 0) is 20.7 Å². The lowest BCUT2D eigenvalue weighted by Gasteiger charge is -2.09. The summed E-state index contributed by atoms with van der Waals surface area (Å²) in [6.45, 7) is 4.96. The summed E-state index contributed by atoms with van der Waals surface area (Å²) in [6.07, 6.45) is 0.0954. The Morgan fingerprint density at radius 3 is 2.48 bits per heavy atom. The minimum atomic E-state index is -0.661. The maximum Gasteiger partial charge on any atom is 0.321 e. The minimum absolute atomic E-state index is 0.0820. The summed E-state index contributed by atoms with van der Waals surface area (Å²) in [7, 11) is 0. The van der Waals surface area contributed by atoms with E-state index >= 15 is 0 Å². The van der Waals surface area contributed by atoms with Crippen molar-refractivity contribution in [2.45, 2.75) is 33.2 Å². The van der Waals surface area contributed by atoms with Crippen LogP contribution in [0.15, 0.2) is 24.3 Å². The van der Waals surface area contributed by atoms with E-state index in [4.69, 9.17) is 4.74 Å². The Bertz CT molecular complexity index is 526. The highest BCUT2D eigenvalue weighted by Gasteiger charge is 2.12. The van der Waals surface area contributed by atoms with E-state index in [1.807, 2.05) is 31.2 Å². The predicted octanol–water partition coefficient (Wildman–Crippen LogP) is 1.31. The fourth-order valence-electron chi connectivity index (χ4n) is 1.62. The molecule has 0 unspecified atom stereocenters. The van der Waals surface area contributed by atoms with Gasteiger partial charge < -0.3 is 10.1 Å². The normalized spacial score (nSPS) is 10.1. The van der Waals surface area contributed by atoms with Crippen LogP contribution < -0.4 is 10.6 Å². The molecule has 6 heteroatoms. The number of imide groups is 1. The van der Waals surface area contributed by atoms with E-state index in [1.54, 1.807) is 13.8 Å². The molecule has 0 atom stereocenters. The Labute approximate surface area is 123 Å². The smallest absolute Gasteiger partial charge is 0.321 e. The van der Waals surface area contributed by atoms with Gasteiger partial charge in [0.2, 0.25) is 0 Å². The number of ether oxygens (including phenoxy) is 1. The van der Waals surface area contributed by atoms with Gasteiger partial charge in [0.05, 0.1) is 6.42 Å². The second-order valence-corrected chi connectivity index (χ2v) is 4.94. The molecule has 0 bridgehead atoms. The fraction of sp³-hybridized carbons (Fsp3) is 0.400. The molecule has 0 saturated carbocycles. The monoisotopic (exact) mass is 292 g/mol. The summed E-state index contributed by atoms with van der Waals surface area (Å²) >= 11 is 0. The maximum atomic E-state index is 11.6. The number of carbonyl (C=O) groups excluding carboxylic acids is 3. The molecule has 0 fully saturated rings. The van der Waals surface area contributed by atoms with Gasteiger partial charge in [0.25, 0.3) is 5.91 Å². The van der Waals surface area contributed by atoms with E-state index in [0.29, 0.717) is 0 Å². The fourth-order valence-corrected chi connectivity index (χ4v) is 1.62. The van der Waals surface area contributed by atoms with Crippen molar-refractivity contribution in [2.75, 3.05) is 6.61 Å². The number of hydrogen-bond donors (Lipinski definition) is 2. The van der Waals surface area contributed by atoms with Gasteiger partial charge >= 0.3 is 12.0 Å². The zero-order chi connectivity index (χ0) is 15.8. The molecule has 1 rings (SSSR count). The molecular weight excluding hydrogens is 272 g/mol. The van der Waals surface area contributed by atoms with Gasteiger partial charge in [-0.15, -0.1) is 0 Å². The molecule has 114 valence electrons. The molecule has 0 aliphatic rings. The first-order valence-corrected chi connectivity index (χ1v) is 6.69. The second kappa shape index (κ2) is 8.04. The number of benzene rings is 1. The zero-order valence-corrected chi connectivity index (χ0v) is 12.4. The van der Waals surface area contributed by atoms with Gasteiger partial charge in [-0.3, -0.25) is 14.9 Å². The molecular formula is C15H20N2O4. The summed E-state index contributed by atoms with van der Waals surface area (Å²) < 4.78 is 4.84. The van der Waals surface area contributed by atoms with Crippen molar-refractivity contribution in [2.24, 2.45) is 0 Å². The summed E-state index contributed by atoms with van der Waals surface area (Å²) in [5, 5.41) is 4.57. The first kappa shape index (κ1) is 16.7. The molecule has 0 saturated heterocycles. The van der Waals surface area contributed by atoms with Crippen LogP contribution in [0.4, 0.5) is 4.79 Å². The van der Waals surface area contributed by atoms with Gasteiger partial charge in [-0.1, -0.05) is 24.3 Å². The summed E-state index contributed by atoms with van der Waals surface area (Å²) in [4.78, 5) is 34.3. The zero-order valence-electron chi connectivity index (χ0n) is 12.4. The van der Waals surface area contributed by atoms with Crippen LogP contribution in [0.1, 0.15) is 25.0 Å². The van der Waals surface area contributed by atoms with Crippen LogP contribution in [0.25, 0.3) is 0 Å². The first-order valence-electron chi connectivity index (χ1n) is 6.69. The van der Waals surface area contributed by atoms with E-state index in [2.05, 4.69) is 10.6 Å². The minimum Gasteiger partial charge on any atom is -0.455 e. The van der Waals surface area contributed by atoms with Crippen molar-refractivity contribution >= 4 is 17.9 Å². The summed E-state index contributed by atoms with van der Waals surface area (Å²) in [5.41, 5.74) is 1.83. The highest BCUT2D eigenvalue weighted by Crippen LogP contribution is 2.08. The summed E-state index contributed by atoms with van der Waals surface area (Å²) in [6, 6.07) is 6.74. The van der Waals surface area contributed by atoms with E-state index in [1.165, 1.54) is 0 Å². The molecule has 0 aliphatic heterocycles. The van der Waals surface area contributed by atoms with Crippen molar-refractivity contribution in [1.82, 2.24) is 10.6 Å². The van der Waals surface area contributed by atoms with Gasteiger partial charge in [-0.25, -0.2) is 4.79 Å². The Balaban J connectivity index is 2.35. The number of aryl methyl sites for hydroxylation is 1. The van der Waals surface area contributed by atoms with Gasteiger partial charge in [0, 0.05) is 6.04 Å². The van der Waals surface area contributed by atoms with Crippen molar-refractivity contribution in [3.8, 4) is 0 Å². The molecule has 1 aromatic rings. The van der Waals surface area contributed by atoms with Gasteiger partial charge in [0.15, 0.2) is 6.61 Å². The van der Waals surface area contributed by atoms with E-state index in [9.17, 15) is 14.4 Å². The molecule has 0 aromatic heterocycles. The number of carbonyl (C=O) groups is 3. The van der Waals surface area contributed by atoms with E-state index in [-0.39, 0.29) is 12.5 Å². The molecule has 0 spiro atoms. The third kappa shape index (κ3) is 6.56. The second-order valence-electron chi connectivity index (χ2n) is 4.94. The number of amides is 3. The molecule has 21 heavy (non-hydrogen) atoms. The maximum absolute atomic E-state index is 11.6. The van der Waals surface area contributed by atoms with Gasteiger partial charge in [0.1, 0.15) is 0 Å². The SMILES string of the molecule is Cc1ccccc1CC(=O)OCC(=O)NC(=O)NC(C)C. The molecule has 3 amide bonds. The quantitative estimate of drug-likeness (QED) is 0.801. The number of rotatable bonds is 5. The Morgan fingerprint density at radius 1 is 1.19 bits per heavy atom. The molecule has 1 aromatic carbocycles. The van der Waals surface area contributed by atoms with Crippen LogP contribution in [-0.4, -0.2) is 30.6 Å². The molecule has 6 nitrogen and oxygen atoms in total. The lowest BCUT2D eigenvalue weighted by molar-refractivity contribution is -0.147. The third-order valence-electron chi connectivity index (χ3n) is 2.63. The summed E-state index contributed by atoms with van der Waals surface area (Å²) in [5.74, 6) is -1.17. The third-order valence-corrected chi connectivity index (χ3v) is 2.63. The first-order chi connectivity index (χ1) is 9.88. The highest BCUT2D eigenvalue weighted by atomic mass is 16.5. The van der Waals surface area contributed by atoms with Crippen molar-refractivity contribution in [1.29, 1.82) is 0 Å². The largest absolute Gasteiger partial charge is 0.455 e. The Kier molecular flexibility index (Phi) is 6.39. The van der Waals surface area contributed by atoms with Crippen LogP contribution in [0, 0.1) is 6.92 Å². The standard InChI is InChI=1S/C15H20N2O4/c1-10(2)16-15(20)17-13(18)9-21-14(19)8-12-7-5-4-6-11(12)3/h4-7,10H,8-9H2,1-3H3,(H2,16,17,18,20). The van der Waals surface area contributed by atoms with Crippen LogP contribution >= 0.6 is 0 Å². The van der Waals surface area contributed by atoms with Crippen molar-refractivity contribution in [3.63, 3.8) is 0 Å². The van der Waals surface area contributed by atoms with E-state index < -0.39 is 24.5 Å². The van der Waals surface area contributed by atoms with Crippen molar-refractivity contribution < 1.29 is 19.1 Å². The number of nitrogens with one attached hydrogen (secondary N) is 2. The number of esters is 1. The van der Waals surface area contributed by atoms with Crippen LogP contribution in [0.5, 0.6) is 0 Å². The lowest BCUT2D eigenvalue weighted by Crippen LogP contribution is -2.44. The molecule has 0 aliphatic carbocycles. The molecule has 0 radical (unpaired) electrons. The lowest BCUT2D eigenvalue weighted by atomic mass is 10.1. The highest BCUT2D eigenvalue weighted by molar-refractivity contribution is 5.95. The average molecular weight is 292 g/mol. The topological polar surface area (TPSA) is 84.5 Å².